The van der Waals surface area contributed by atoms with Gasteiger partial charge < -0.3 is 9.47 Å². The van der Waals surface area contributed by atoms with Gasteiger partial charge in [-0.05, 0) is 36.5 Å². The van der Waals surface area contributed by atoms with Crippen molar-refractivity contribution >= 4 is 12.6 Å². The molecule has 0 N–H and O–H groups in total. The molecule has 1 aliphatic carbocycles. The largest absolute Gasteiger partial charge is 0.490 e. The first-order chi connectivity index (χ1) is 12.7. The van der Waals surface area contributed by atoms with Crippen LogP contribution in [0.15, 0.2) is 35.1 Å². The highest BCUT2D eigenvalue weighted by atomic mass is 32.1. The zero-order valence-corrected chi connectivity index (χ0v) is 15.7. The van der Waals surface area contributed by atoms with Crippen LogP contribution in [0.4, 0.5) is 0 Å². The number of fused-ring (bicyclic) bond motifs is 1. The molecule has 0 bridgehead atoms. The van der Waals surface area contributed by atoms with Crippen LogP contribution in [0.2, 0.25) is 0 Å². The molecule has 5 nitrogen and oxygen atoms in total. The van der Waals surface area contributed by atoms with E-state index in [4.69, 9.17) is 9.47 Å². The Bertz CT molecular complexity index is 813. The summed E-state index contributed by atoms with van der Waals surface area (Å²) in [7, 11) is 0. The van der Waals surface area contributed by atoms with Crippen LogP contribution in [0.3, 0.4) is 0 Å². The molecular weight excluding hydrogens is 348 g/mol. The van der Waals surface area contributed by atoms with Gasteiger partial charge in [0.1, 0.15) is 12.4 Å². The van der Waals surface area contributed by atoms with Gasteiger partial charge in [0, 0.05) is 17.5 Å². The summed E-state index contributed by atoms with van der Waals surface area (Å²) < 4.78 is 13.6. The summed E-state index contributed by atoms with van der Waals surface area (Å²) in [6, 6.07) is 10.3. The molecule has 0 spiro atoms. The number of thiol groups is 1. The second-order valence-corrected chi connectivity index (χ2v) is 7.41. The molecule has 0 unspecified atom stereocenters. The number of aromatic nitrogens is 2. The summed E-state index contributed by atoms with van der Waals surface area (Å²) in [5, 5.41) is 0. The molecule has 6 heteroatoms. The third-order valence-electron chi connectivity index (χ3n) is 5.29. The van der Waals surface area contributed by atoms with Gasteiger partial charge in [-0.25, -0.2) is 0 Å². The topological polar surface area (TPSA) is 53.4 Å². The lowest BCUT2D eigenvalue weighted by Crippen LogP contribution is -2.23. The van der Waals surface area contributed by atoms with Crippen molar-refractivity contribution in [3.63, 3.8) is 0 Å². The number of benzene rings is 1. The van der Waals surface area contributed by atoms with Crippen molar-refractivity contribution in [1.82, 2.24) is 9.55 Å². The highest BCUT2D eigenvalue weighted by Gasteiger charge is 2.26. The Labute approximate surface area is 158 Å². The SMILES string of the molecule is O=c1cc(CS)n2c(n1)O[C@H](COc1ccc(C3CCCCC3)cc1)C2. The standard InChI is InChI=1S/C20H24N2O3S/c23-19-10-16(13-26)22-11-18(25-20(22)21-19)12-24-17-8-6-15(7-9-17)14-4-2-1-3-5-14/h6-10,14,18,26H,1-5,11-13H2/t18-/m0/s1. The predicted molar refractivity (Wildman–Crippen MR) is 103 cm³/mol. The van der Waals surface area contributed by atoms with Crippen LogP contribution >= 0.6 is 12.6 Å². The zero-order valence-electron chi connectivity index (χ0n) is 14.8. The maximum Gasteiger partial charge on any atom is 0.300 e. The monoisotopic (exact) mass is 372 g/mol. The fraction of sp³-hybridized carbons (Fsp3) is 0.500. The van der Waals surface area contributed by atoms with Gasteiger partial charge in [-0.3, -0.25) is 9.36 Å². The van der Waals surface area contributed by atoms with Crippen molar-refractivity contribution in [3.8, 4) is 11.8 Å². The first kappa shape index (κ1) is 17.5. The zero-order chi connectivity index (χ0) is 17.9. The first-order valence-electron chi connectivity index (χ1n) is 9.34. The maximum absolute atomic E-state index is 11.6. The van der Waals surface area contributed by atoms with E-state index < -0.39 is 0 Å². The molecule has 1 aliphatic heterocycles. The second-order valence-electron chi connectivity index (χ2n) is 7.09. The fourth-order valence-corrected chi connectivity index (χ4v) is 4.15. The van der Waals surface area contributed by atoms with Crippen LogP contribution in [0.25, 0.3) is 0 Å². The molecule has 1 saturated carbocycles. The Balaban J connectivity index is 1.35. The molecule has 4 rings (SSSR count). The number of nitrogens with zero attached hydrogens (tertiary/aromatic N) is 2. The highest BCUT2D eigenvalue weighted by molar-refractivity contribution is 7.79. The molecule has 2 aliphatic rings. The van der Waals surface area contributed by atoms with Crippen LogP contribution < -0.4 is 15.0 Å². The molecule has 1 atom stereocenters. The molecule has 0 amide bonds. The van der Waals surface area contributed by atoms with Gasteiger partial charge in [0.05, 0.1) is 6.54 Å². The van der Waals surface area contributed by atoms with Gasteiger partial charge in [0.2, 0.25) is 0 Å². The summed E-state index contributed by atoms with van der Waals surface area (Å²) in [6.07, 6.45) is 6.50. The van der Waals surface area contributed by atoms with Crippen molar-refractivity contribution in [3.05, 3.63) is 51.9 Å². The van der Waals surface area contributed by atoms with Crippen LogP contribution in [-0.4, -0.2) is 22.3 Å². The van der Waals surface area contributed by atoms with Crippen LogP contribution in [-0.2, 0) is 12.3 Å². The lowest BCUT2D eigenvalue weighted by molar-refractivity contribution is 0.143. The normalized spacial score (nSPS) is 19.8. The van der Waals surface area contributed by atoms with Crippen molar-refractivity contribution < 1.29 is 9.47 Å². The third-order valence-corrected chi connectivity index (χ3v) is 5.61. The summed E-state index contributed by atoms with van der Waals surface area (Å²) in [5.74, 6) is 2.03. The molecule has 1 aromatic carbocycles. The quantitative estimate of drug-likeness (QED) is 0.816. The number of hydrogen-bond acceptors (Lipinski definition) is 5. The summed E-state index contributed by atoms with van der Waals surface area (Å²) in [6.45, 7) is 1.05. The van der Waals surface area contributed by atoms with E-state index in [1.807, 2.05) is 16.7 Å². The Morgan fingerprint density at radius 2 is 1.96 bits per heavy atom. The van der Waals surface area contributed by atoms with E-state index in [1.165, 1.54) is 43.7 Å². The minimum atomic E-state index is -0.292. The molecule has 138 valence electrons. The lowest BCUT2D eigenvalue weighted by atomic mass is 9.84. The number of rotatable bonds is 5. The smallest absolute Gasteiger partial charge is 0.300 e. The molecule has 26 heavy (non-hydrogen) atoms. The molecule has 2 aromatic rings. The summed E-state index contributed by atoms with van der Waals surface area (Å²) in [5.41, 5.74) is 1.95. The average molecular weight is 372 g/mol. The van der Waals surface area contributed by atoms with Gasteiger partial charge in [-0.15, -0.1) is 0 Å². The molecular formula is C20H24N2O3S. The highest BCUT2D eigenvalue weighted by Crippen LogP contribution is 2.33. The molecule has 1 fully saturated rings. The van der Waals surface area contributed by atoms with Gasteiger partial charge in [0.25, 0.3) is 5.56 Å². The van der Waals surface area contributed by atoms with E-state index in [-0.39, 0.29) is 11.7 Å². The molecule has 2 heterocycles. The van der Waals surface area contributed by atoms with Gasteiger partial charge in [-0.2, -0.15) is 17.6 Å². The summed E-state index contributed by atoms with van der Waals surface area (Å²) in [4.78, 5) is 15.5. The average Bonchev–Trinajstić information content (AvgIpc) is 3.09. The van der Waals surface area contributed by atoms with Crippen LogP contribution in [0.5, 0.6) is 11.8 Å². The van der Waals surface area contributed by atoms with E-state index >= 15 is 0 Å². The number of hydrogen-bond donors (Lipinski definition) is 1. The van der Waals surface area contributed by atoms with Crippen molar-refractivity contribution in [2.24, 2.45) is 0 Å². The molecule has 1 aromatic heterocycles. The first-order valence-corrected chi connectivity index (χ1v) is 9.97. The van der Waals surface area contributed by atoms with Crippen LogP contribution in [0, 0.1) is 0 Å². The molecule has 0 radical (unpaired) electrons. The van der Waals surface area contributed by atoms with Gasteiger partial charge in [0.15, 0.2) is 6.10 Å². The van der Waals surface area contributed by atoms with Crippen molar-refractivity contribution in [2.75, 3.05) is 6.61 Å². The minimum absolute atomic E-state index is 0.152. The summed E-state index contributed by atoms with van der Waals surface area (Å²) >= 11 is 4.27. The van der Waals surface area contributed by atoms with Crippen LogP contribution in [0.1, 0.15) is 49.3 Å². The van der Waals surface area contributed by atoms with E-state index in [0.717, 1.165) is 11.4 Å². The van der Waals surface area contributed by atoms with Crippen molar-refractivity contribution in [1.29, 1.82) is 0 Å². The Morgan fingerprint density at radius 3 is 2.69 bits per heavy atom. The fourth-order valence-electron chi connectivity index (χ4n) is 3.88. The Kier molecular flexibility index (Phi) is 5.20. The Hall–Kier alpha value is -1.95. The lowest BCUT2D eigenvalue weighted by Gasteiger charge is -2.22. The Morgan fingerprint density at radius 1 is 1.19 bits per heavy atom. The van der Waals surface area contributed by atoms with Gasteiger partial charge >= 0.3 is 6.01 Å². The third kappa shape index (κ3) is 3.75. The van der Waals surface area contributed by atoms with E-state index in [9.17, 15) is 4.79 Å². The molecule has 0 saturated heterocycles. The van der Waals surface area contributed by atoms with E-state index in [0.29, 0.717) is 30.8 Å². The van der Waals surface area contributed by atoms with Gasteiger partial charge in [-0.1, -0.05) is 31.4 Å². The second kappa shape index (κ2) is 7.74. The van der Waals surface area contributed by atoms with E-state index in [1.54, 1.807) is 0 Å². The maximum atomic E-state index is 11.6. The van der Waals surface area contributed by atoms with Crippen molar-refractivity contribution in [2.45, 2.75) is 56.4 Å². The minimum Gasteiger partial charge on any atom is -0.490 e. The van der Waals surface area contributed by atoms with E-state index in [2.05, 4.69) is 29.7 Å². The predicted octanol–water partition coefficient (Wildman–Crippen LogP) is 3.56. The number of ether oxygens (including phenoxy) is 2.